The molecule has 8 nitrogen and oxygen atoms in total. The number of piperidine rings is 1. The molecule has 0 aromatic carbocycles. The average Bonchev–Trinajstić information content (AvgIpc) is 2.84. The van der Waals surface area contributed by atoms with Crippen LogP contribution in [0.3, 0.4) is 0 Å². The zero-order valence-corrected chi connectivity index (χ0v) is 23.4. The predicted octanol–water partition coefficient (Wildman–Crippen LogP) is 3.04. The highest BCUT2D eigenvalue weighted by molar-refractivity contribution is 5.66. The Morgan fingerprint density at radius 2 is 1.65 bits per heavy atom. The van der Waals surface area contributed by atoms with Crippen molar-refractivity contribution in [3.63, 3.8) is 0 Å². The topological polar surface area (TPSA) is 125 Å². The number of quaternary nitrogens is 1. The van der Waals surface area contributed by atoms with Gasteiger partial charge in [-0.25, -0.2) is 0 Å². The minimum atomic E-state index is -0.448. The number of methoxy groups -OCH3 is 1. The van der Waals surface area contributed by atoms with Gasteiger partial charge in [0.25, 0.3) is 0 Å². The number of hydrogen-bond donors (Lipinski definition) is 3. The normalized spacial score (nSPS) is 32.9. The quantitative estimate of drug-likeness (QED) is 0.335. The van der Waals surface area contributed by atoms with E-state index in [0.29, 0.717) is 24.2 Å². The van der Waals surface area contributed by atoms with Crippen LogP contribution in [0.5, 0.6) is 0 Å². The molecule has 0 bridgehead atoms. The molecule has 0 radical (unpaired) electrons. The van der Waals surface area contributed by atoms with E-state index in [-0.39, 0.29) is 42.3 Å². The van der Waals surface area contributed by atoms with Crippen LogP contribution in [0, 0.1) is 23.7 Å². The fourth-order valence-electron chi connectivity index (χ4n) is 7.33. The van der Waals surface area contributed by atoms with Crippen molar-refractivity contribution in [3.05, 3.63) is 0 Å². The van der Waals surface area contributed by atoms with Gasteiger partial charge in [-0.1, -0.05) is 32.1 Å². The van der Waals surface area contributed by atoms with Crippen molar-refractivity contribution in [1.29, 1.82) is 0 Å². The fourth-order valence-corrected chi connectivity index (χ4v) is 7.33. The summed E-state index contributed by atoms with van der Waals surface area (Å²) < 4.78 is 17.2. The Labute approximate surface area is 223 Å². The van der Waals surface area contributed by atoms with E-state index in [2.05, 4.69) is 5.32 Å². The zero-order chi connectivity index (χ0) is 26.8. The average molecular weight is 526 g/mol. The van der Waals surface area contributed by atoms with Crippen molar-refractivity contribution in [3.8, 4) is 0 Å². The number of aliphatic hydroxyl groups is 1. The number of ether oxygens (including phenoxy) is 3. The first-order valence-corrected chi connectivity index (χ1v) is 14.9. The van der Waals surface area contributed by atoms with Gasteiger partial charge in [0, 0.05) is 33.8 Å². The van der Waals surface area contributed by atoms with Crippen LogP contribution in [0.1, 0.15) is 104 Å². The van der Waals surface area contributed by atoms with Crippen LogP contribution in [0.4, 0.5) is 0 Å². The van der Waals surface area contributed by atoms with E-state index in [9.17, 15) is 14.7 Å². The minimum Gasteiger partial charge on any atom is -0.462 e. The molecule has 6 unspecified atom stereocenters. The van der Waals surface area contributed by atoms with Crippen molar-refractivity contribution < 1.29 is 34.2 Å². The number of rotatable bonds is 12. The summed E-state index contributed by atoms with van der Waals surface area (Å²) in [6, 6.07) is 0. The maximum absolute atomic E-state index is 11.9. The van der Waals surface area contributed by atoms with Crippen LogP contribution < -0.4 is 11.1 Å². The van der Waals surface area contributed by atoms with Gasteiger partial charge in [-0.2, -0.15) is 0 Å². The van der Waals surface area contributed by atoms with E-state index in [1.54, 1.807) is 7.11 Å². The van der Waals surface area contributed by atoms with Crippen molar-refractivity contribution in [2.75, 3.05) is 13.7 Å². The lowest BCUT2D eigenvalue weighted by atomic mass is 9.71. The number of hydrogen-bond acceptors (Lipinski definition) is 7. The van der Waals surface area contributed by atoms with Crippen LogP contribution in [-0.4, -0.2) is 61.3 Å². The van der Waals surface area contributed by atoms with Gasteiger partial charge in [-0.3, -0.25) is 15.3 Å². The van der Waals surface area contributed by atoms with Crippen molar-refractivity contribution in [2.24, 2.45) is 29.4 Å². The van der Waals surface area contributed by atoms with Crippen molar-refractivity contribution in [2.45, 2.75) is 134 Å². The largest absolute Gasteiger partial charge is 0.462 e. The number of carbonyl (C=O) groups is 2. The molecule has 0 spiro atoms. The molecule has 2 aliphatic carbocycles. The summed E-state index contributed by atoms with van der Waals surface area (Å²) in [6.07, 6.45) is 13.1. The first kappa shape index (κ1) is 30.3. The molecule has 3 fully saturated rings. The zero-order valence-electron chi connectivity index (χ0n) is 23.4. The Hall–Kier alpha value is -1.22. The van der Waals surface area contributed by atoms with Gasteiger partial charge in [-0.05, 0) is 68.6 Å². The molecule has 8 heteroatoms. The second-order valence-electron chi connectivity index (χ2n) is 12.2. The second kappa shape index (κ2) is 15.4. The number of aliphatic hydroxyl groups excluding tert-OH is 1. The van der Waals surface area contributed by atoms with Crippen LogP contribution in [0.2, 0.25) is 0 Å². The maximum atomic E-state index is 11.9. The molecule has 1 saturated heterocycles. The molecule has 0 aromatic rings. The van der Waals surface area contributed by atoms with E-state index in [1.165, 1.54) is 46.0 Å². The second-order valence-corrected chi connectivity index (χ2v) is 12.2. The third-order valence-corrected chi connectivity index (χ3v) is 9.06. The SMILES string of the molecule is COC1CC(CC[C@H](C[C@H](CC2CCCCC2)OC(C)=O)OC(C)=O)CC(CC2CC[NH2+]C(N)C2)C1O. The number of esters is 2. The molecule has 1 heterocycles. The summed E-state index contributed by atoms with van der Waals surface area (Å²) >= 11 is 0. The van der Waals surface area contributed by atoms with E-state index in [0.717, 1.165) is 57.9 Å². The van der Waals surface area contributed by atoms with Crippen molar-refractivity contribution >= 4 is 11.9 Å². The highest BCUT2D eigenvalue weighted by Crippen LogP contribution is 2.39. The number of nitrogens with two attached hydrogens (primary N) is 2. The Bertz CT molecular complexity index is 700. The molecule has 37 heavy (non-hydrogen) atoms. The Kier molecular flexibility index (Phi) is 12.6. The highest BCUT2D eigenvalue weighted by atomic mass is 16.6. The summed E-state index contributed by atoms with van der Waals surface area (Å²) in [5.74, 6) is 1.16. The Morgan fingerprint density at radius 3 is 2.30 bits per heavy atom. The summed E-state index contributed by atoms with van der Waals surface area (Å²) in [6.45, 7) is 3.97. The molecule has 0 aromatic heterocycles. The van der Waals surface area contributed by atoms with E-state index < -0.39 is 6.10 Å². The fraction of sp³-hybridized carbons (Fsp3) is 0.931. The van der Waals surface area contributed by atoms with E-state index in [4.69, 9.17) is 19.9 Å². The van der Waals surface area contributed by atoms with Crippen LogP contribution in [0.25, 0.3) is 0 Å². The van der Waals surface area contributed by atoms with Crippen LogP contribution in [0.15, 0.2) is 0 Å². The smallest absolute Gasteiger partial charge is 0.302 e. The Balaban J connectivity index is 1.59. The Morgan fingerprint density at radius 1 is 0.946 bits per heavy atom. The van der Waals surface area contributed by atoms with E-state index in [1.807, 2.05) is 0 Å². The molecule has 5 N–H and O–H groups in total. The molecule has 8 atom stereocenters. The minimum absolute atomic E-state index is 0.164. The molecule has 0 amide bonds. The summed E-state index contributed by atoms with van der Waals surface area (Å²) in [4.78, 5) is 23.8. The lowest BCUT2D eigenvalue weighted by molar-refractivity contribution is -0.699. The first-order valence-electron chi connectivity index (χ1n) is 14.9. The number of carbonyl (C=O) groups excluding carboxylic acids is 2. The standard InChI is InChI=1S/C29H52N2O6/c1-19(32)36-25(18-26(37-20(2)33)15-21-7-5-4-6-8-21)10-9-22-13-24(29(34)27(16-22)35-3)14-23-11-12-31-28(30)17-23/h21-29,31,34H,4-18,30H2,1-3H3/p+1/t22?,23?,24?,25-,26+,27?,28?,29?/m1/s1. The molecule has 214 valence electrons. The molecule has 3 rings (SSSR count). The van der Waals surface area contributed by atoms with Crippen molar-refractivity contribution in [1.82, 2.24) is 0 Å². The lowest BCUT2D eigenvalue weighted by Gasteiger charge is -2.41. The van der Waals surface area contributed by atoms with E-state index >= 15 is 0 Å². The van der Waals surface area contributed by atoms with Crippen LogP contribution >= 0.6 is 0 Å². The molecule has 1 aliphatic heterocycles. The van der Waals surface area contributed by atoms with Gasteiger partial charge in [-0.15, -0.1) is 0 Å². The molecular formula is C29H53N2O6+. The molecule has 2 saturated carbocycles. The molecule has 3 aliphatic rings. The highest BCUT2D eigenvalue weighted by Gasteiger charge is 2.39. The van der Waals surface area contributed by atoms with Gasteiger partial charge in [0.1, 0.15) is 18.4 Å². The third-order valence-electron chi connectivity index (χ3n) is 9.06. The molecular weight excluding hydrogens is 472 g/mol. The first-order chi connectivity index (χ1) is 17.7. The van der Waals surface area contributed by atoms with Crippen LogP contribution in [-0.2, 0) is 23.8 Å². The lowest BCUT2D eigenvalue weighted by Crippen LogP contribution is -2.94. The summed E-state index contributed by atoms with van der Waals surface area (Å²) in [5.41, 5.74) is 6.18. The third kappa shape index (κ3) is 10.5. The van der Waals surface area contributed by atoms with Gasteiger partial charge in [0.15, 0.2) is 0 Å². The van der Waals surface area contributed by atoms with Gasteiger partial charge in [0.05, 0.1) is 18.8 Å². The van der Waals surface area contributed by atoms with Gasteiger partial charge >= 0.3 is 11.9 Å². The van der Waals surface area contributed by atoms with Gasteiger partial charge < -0.3 is 24.6 Å². The monoisotopic (exact) mass is 525 g/mol. The summed E-state index contributed by atoms with van der Waals surface area (Å²) in [7, 11) is 1.69. The predicted molar refractivity (Wildman–Crippen MR) is 141 cm³/mol. The maximum Gasteiger partial charge on any atom is 0.302 e. The van der Waals surface area contributed by atoms with Gasteiger partial charge in [0.2, 0.25) is 0 Å². The summed E-state index contributed by atoms with van der Waals surface area (Å²) in [5, 5.41) is 13.2.